The fourth-order valence-corrected chi connectivity index (χ4v) is 3.75. The van der Waals surface area contributed by atoms with Crippen molar-refractivity contribution >= 4 is 34.7 Å². The third kappa shape index (κ3) is 5.01. The lowest BCUT2D eigenvalue weighted by Crippen LogP contribution is -2.34. The second-order valence-corrected chi connectivity index (χ2v) is 8.00. The van der Waals surface area contributed by atoms with E-state index < -0.39 is 0 Å². The summed E-state index contributed by atoms with van der Waals surface area (Å²) in [6.07, 6.45) is 0.574. The normalized spacial score (nSPS) is 13.5. The van der Waals surface area contributed by atoms with Crippen molar-refractivity contribution in [1.29, 1.82) is 0 Å². The first-order chi connectivity index (χ1) is 15.9. The minimum atomic E-state index is -0.350. The molecule has 3 amide bonds. The molecule has 2 N–H and O–H groups in total. The maximum absolute atomic E-state index is 13.4. The summed E-state index contributed by atoms with van der Waals surface area (Å²) in [7, 11) is 0. The van der Waals surface area contributed by atoms with Crippen molar-refractivity contribution in [3.63, 3.8) is 0 Å². The highest BCUT2D eigenvalue weighted by atomic mass is 16.2. The molecule has 3 aromatic carbocycles. The number of aryl methyl sites for hydroxylation is 1. The van der Waals surface area contributed by atoms with Crippen LogP contribution in [-0.4, -0.2) is 29.2 Å². The average Bonchev–Trinajstić information content (AvgIpc) is 3.04. The molecule has 1 aliphatic heterocycles. The fraction of sp³-hybridized carbons (Fsp3) is 0.148. The summed E-state index contributed by atoms with van der Waals surface area (Å²) in [5.74, 6) is -0.863. The molecule has 0 saturated carbocycles. The van der Waals surface area contributed by atoms with Crippen molar-refractivity contribution in [2.24, 2.45) is 0 Å². The van der Waals surface area contributed by atoms with E-state index in [1.165, 1.54) is 11.8 Å². The van der Waals surface area contributed by atoms with Gasteiger partial charge in [-0.1, -0.05) is 60.2 Å². The summed E-state index contributed by atoms with van der Waals surface area (Å²) >= 11 is 0. The highest BCUT2D eigenvalue weighted by Gasteiger charge is 2.38. The van der Waals surface area contributed by atoms with Gasteiger partial charge in [-0.3, -0.25) is 19.3 Å². The third-order valence-electron chi connectivity index (χ3n) is 5.45. The van der Waals surface area contributed by atoms with Crippen LogP contribution >= 0.6 is 0 Å². The van der Waals surface area contributed by atoms with E-state index in [-0.39, 0.29) is 30.0 Å². The van der Waals surface area contributed by atoms with Crippen LogP contribution in [-0.2, 0) is 20.8 Å². The van der Waals surface area contributed by atoms with Crippen LogP contribution in [0, 0.1) is 6.92 Å². The molecule has 166 valence electrons. The van der Waals surface area contributed by atoms with E-state index in [4.69, 9.17) is 0 Å². The maximum Gasteiger partial charge on any atom is 0.278 e. The predicted molar refractivity (Wildman–Crippen MR) is 129 cm³/mol. The second-order valence-electron chi connectivity index (χ2n) is 8.00. The highest BCUT2D eigenvalue weighted by molar-refractivity contribution is 6.36. The standard InChI is InChI=1S/C27H25N3O3/c1-18-8-12-23(13-9-18)29-25-24(21-10-14-22(15-11-21)28-19(2)31)26(32)30(27(25)33)17-16-20-6-4-3-5-7-20/h3-15,29H,16-17H2,1-2H3,(H,28,31). The number of amides is 3. The summed E-state index contributed by atoms with van der Waals surface area (Å²) in [4.78, 5) is 39.3. The zero-order valence-corrected chi connectivity index (χ0v) is 18.6. The van der Waals surface area contributed by atoms with Crippen LogP contribution < -0.4 is 10.6 Å². The third-order valence-corrected chi connectivity index (χ3v) is 5.45. The van der Waals surface area contributed by atoms with E-state index in [1.807, 2.05) is 61.5 Å². The number of hydrogen-bond donors (Lipinski definition) is 2. The Hall–Kier alpha value is -4.19. The lowest BCUT2D eigenvalue weighted by atomic mass is 10.0. The van der Waals surface area contributed by atoms with E-state index in [9.17, 15) is 14.4 Å². The molecule has 0 bridgehead atoms. The largest absolute Gasteiger partial charge is 0.350 e. The van der Waals surface area contributed by atoms with Crippen LogP contribution in [0.4, 0.5) is 11.4 Å². The smallest absolute Gasteiger partial charge is 0.278 e. The van der Waals surface area contributed by atoms with Crippen LogP contribution in [0.2, 0.25) is 0 Å². The van der Waals surface area contributed by atoms with E-state index in [2.05, 4.69) is 10.6 Å². The Labute approximate surface area is 192 Å². The van der Waals surface area contributed by atoms with Crippen molar-refractivity contribution in [2.75, 3.05) is 17.2 Å². The summed E-state index contributed by atoms with van der Waals surface area (Å²) < 4.78 is 0. The Morgan fingerprint density at radius 2 is 1.45 bits per heavy atom. The number of rotatable bonds is 7. The summed E-state index contributed by atoms with van der Waals surface area (Å²) in [5.41, 5.74) is 4.69. The maximum atomic E-state index is 13.4. The highest BCUT2D eigenvalue weighted by Crippen LogP contribution is 2.31. The number of carbonyl (C=O) groups excluding carboxylic acids is 3. The SMILES string of the molecule is CC(=O)Nc1ccc(C2=C(Nc3ccc(C)cc3)C(=O)N(CCc3ccccc3)C2=O)cc1. The molecular formula is C27H25N3O3. The Morgan fingerprint density at radius 1 is 0.818 bits per heavy atom. The first-order valence-corrected chi connectivity index (χ1v) is 10.8. The van der Waals surface area contributed by atoms with Gasteiger partial charge in [0.1, 0.15) is 5.70 Å². The van der Waals surface area contributed by atoms with Gasteiger partial charge in [0.15, 0.2) is 0 Å². The molecule has 6 heteroatoms. The van der Waals surface area contributed by atoms with E-state index in [0.29, 0.717) is 23.2 Å². The molecule has 0 aliphatic carbocycles. The quantitative estimate of drug-likeness (QED) is 0.535. The molecule has 0 aromatic heterocycles. The first kappa shape index (κ1) is 22.0. The summed E-state index contributed by atoms with van der Waals surface area (Å²) in [5, 5.41) is 5.88. The summed E-state index contributed by atoms with van der Waals surface area (Å²) in [6, 6.07) is 24.3. The molecule has 0 fully saturated rings. The number of nitrogens with one attached hydrogen (secondary N) is 2. The number of anilines is 2. The molecule has 4 rings (SSSR count). The minimum Gasteiger partial charge on any atom is -0.350 e. The number of imide groups is 1. The van der Waals surface area contributed by atoms with Gasteiger partial charge in [0, 0.05) is 24.8 Å². The Balaban J connectivity index is 1.66. The zero-order chi connectivity index (χ0) is 23.4. The van der Waals surface area contributed by atoms with E-state index in [1.54, 1.807) is 24.3 Å². The van der Waals surface area contributed by atoms with Crippen LogP contribution in [0.1, 0.15) is 23.6 Å². The molecule has 0 atom stereocenters. The van der Waals surface area contributed by atoms with Crippen molar-refractivity contribution in [3.8, 4) is 0 Å². The van der Waals surface area contributed by atoms with Gasteiger partial charge in [0.2, 0.25) is 5.91 Å². The lowest BCUT2D eigenvalue weighted by Gasteiger charge is -2.15. The Kier molecular flexibility index (Phi) is 6.36. The van der Waals surface area contributed by atoms with Crippen molar-refractivity contribution in [1.82, 2.24) is 4.90 Å². The summed E-state index contributed by atoms with van der Waals surface area (Å²) in [6.45, 7) is 3.71. The van der Waals surface area contributed by atoms with Crippen LogP contribution in [0.5, 0.6) is 0 Å². The molecular weight excluding hydrogens is 414 g/mol. The fourth-order valence-electron chi connectivity index (χ4n) is 3.75. The molecule has 3 aromatic rings. The van der Waals surface area contributed by atoms with Gasteiger partial charge in [-0.15, -0.1) is 0 Å². The Bertz CT molecular complexity index is 1210. The first-order valence-electron chi connectivity index (χ1n) is 10.8. The van der Waals surface area contributed by atoms with Gasteiger partial charge in [-0.05, 0) is 48.7 Å². The van der Waals surface area contributed by atoms with Gasteiger partial charge in [0.05, 0.1) is 5.57 Å². The number of nitrogens with zero attached hydrogens (tertiary/aromatic N) is 1. The zero-order valence-electron chi connectivity index (χ0n) is 18.6. The number of carbonyl (C=O) groups is 3. The predicted octanol–water partition coefficient (Wildman–Crippen LogP) is 4.39. The lowest BCUT2D eigenvalue weighted by molar-refractivity contribution is -0.136. The molecule has 0 radical (unpaired) electrons. The van der Waals surface area contributed by atoms with E-state index >= 15 is 0 Å². The van der Waals surface area contributed by atoms with Gasteiger partial charge in [-0.2, -0.15) is 0 Å². The van der Waals surface area contributed by atoms with Crippen molar-refractivity contribution in [2.45, 2.75) is 20.3 Å². The average molecular weight is 440 g/mol. The molecule has 6 nitrogen and oxygen atoms in total. The molecule has 0 saturated heterocycles. The molecule has 0 unspecified atom stereocenters. The van der Waals surface area contributed by atoms with Gasteiger partial charge >= 0.3 is 0 Å². The Morgan fingerprint density at radius 3 is 2.09 bits per heavy atom. The van der Waals surface area contributed by atoms with Gasteiger partial charge in [-0.25, -0.2) is 0 Å². The minimum absolute atomic E-state index is 0.178. The molecule has 33 heavy (non-hydrogen) atoms. The van der Waals surface area contributed by atoms with Crippen molar-refractivity contribution < 1.29 is 14.4 Å². The van der Waals surface area contributed by atoms with Crippen molar-refractivity contribution in [3.05, 3.63) is 101 Å². The topological polar surface area (TPSA) is 78.5 Å². The molecule has 0 spiro atoms. The molecule has 1 aliphatic rings. The van der Waals surface area contributed by atoms with Crippen LogP contribution in [0.25, 0.3) is 5.57 Å². The second kappa shape index (κ2) is 9.53. The number of hydrogen-bond acceptors (Lipinski definition) is 4. The van der Waals surface area contributed by atoms with Crippen LogP contribution in [0.15, 0.2) is 84.6 Å². The van der Waals surface area contributed by atoms with Gasteiger partial charge in [0.25, 0.3) is 11.8 Å². The monoisotopic (exact) mass is 439 g/mol. The number of benzene rings is 3. The molecule has 1 heterocycles. The van der Waals surface area contributed by atoms with E-state index in [0.717, 1.165) is 16.8 Å². The van der Waals surface area contributed by atoms with Crippen LogP contribution in [0.3, 0.4) is 0 Å². The van der Waals surface area contributed by atoms with Gasteiger partial charge < -0.3 is 10.6 Å².